The molecule has 0 amide bonds. The first kappa shape index (κ1) is 9.21. The van der Waals surface area contributed by atoms with Crippen LogP contribution in [0.1, 0.15) is 16.7 Å². The molecule has 1 aromatic rings. The summed E-state index contributed by atoms with van der Waals surface area (Å²) in [5, 5.41) is 0.787. The molecule has 0 spiro atoms. The Labute approximate surface area is 81.8 Å². The number of benzene rings is 1. The number of terminal acetylenes is 3. The van der Waals surface area contributed by atoms with Gasteiger partial charge in [0.25, 0.3) is 0 Å². The lowest BCUT2D eigenvalue weighted by atomic mass is 10.0. The maximum atomic E-state index is 5.31. The van der Waals surface area contributed by atoms with Crippen molar-refractivity contribution in [2.75, 3.05) is 0 Å². The summed E-state index contributed by atoms with van der Waals surface area (Å²) in [5.41, 5.74) is 1.88. The molecule has 1 heteroatoms. The van der Waals surface area contributed by atoms with Crippen LogP contribution in [-0.2, 0) is 0 Å². The standard InChI is InChI=1S/C12H5Si/c1-4-9-7-8-12(13)11(6-3)10(9)5-2/h1-3,7-8H. The molecule has 0 aliphatic heterocycles. The monoisotopic (exact) mass is 177 g/mol. The number of hydrogen-bond donors (Lipinski definition) is 0. The van der Waals surface area contributed by atoms with E-state index in [1.807, 2.05) is 0 Å². The van der Waals surface area contributed by atoms with Gasteiger partial charge in [0.05, 0.1) is 15.8 Å². The van der Waals surface area contributed by atoms with Gasteiger partial charge in [0.2, 0.25) is 0 Å². The predicted octanol–water partition coefficient (Wildman–Crippen LogP) is 0.424. The SMILES string of the molecule is C#Cc1ccc([Si])c(C#C)c1C#C. The lowest BCUT2D eigenvalue weighted by molar-refractivity contribution is 1.58. The highest BCUT2D eigenvalue weighted by Gasteiger charge is 2.04. The zero-order valence-electron chi connectivity index (χ0n) is 6.89. The Kier molecular flexibility index (Phi) is 2.61. The van der Waals surface area contributed by atoms with Gasteiger partial charge < -0.3 is 0 Å². The van der Waals surface area contributed by atoms with Gasteiger partial charge in [-0.05, 0) is 6.07 Å². The molecule has 1 aromatic carbocycles. The fourth-order valence-electron chi connectivity index (χ4n) is 1.02. The maximum Gasteiger partial charge on any atom is 0.0730 e. The lowest BCUT2D eigenvalue weighted by Gasteiger charge is -2.03. The van der Waals surface area contributed by atoms with Crippen molar-refractivity contribution in [3.63, 3.8) is 0 Å². The molecule has 0 aliphatic rings. The van der Waals surface area contributed by atoms with Crippen LogP contribution in [0.3, 0.4) is 0 Å². The molecule has 1 rings (SSSR count). The van der Waals surface area contributed by atoms with Gasteiger partial charge >= 0.3 is 0 Å². The van der Waals surface area contributed by atoms with Crippen molar-refractivity contribution >= 4 is 15.4 Å². The molecular weight excluding hydrogens is 172 g/mol. The van der Waals surface area contributed by atoms with Crippen LogP contribution in [0.5, 0.6) is 0 Å². The number of hydrogen-bond acceptors (Lipinski definition) is 0. The maximum absolute atomic E-state index is 5.31. The summed E-state index contributed by atoms with van der Waals surface area (Å²) in [6, 6.07) is 3.56. The highest BCUT2D eigenvalue weighted by atomic mass is 28.1. The topological polar surface area (TPSA) is 0 Å². The van der Waals surface area contributed by atoms with Crippen molar-refractivity contribution in [2.24, 2.45) is 0 Å². The summed E-state index contributed by atoms with van der Waals surface area (Å²) in [7, 11) is 3.36. The normalized spacial score (nSPS) is 8.15. The zero-order chi connectivity index (χ0) is 9.84. The molecule has 0 nitrogen and oxygen atoms in total. The van der Waals surface area contributed by atoms with Gasteiger partial charge in [-0.1, -0.05) is 29.0 Å². The quantitative estimate of drug-likeness (QED) is 0.398. The van der Waals surface area contributed by atoms with Crippen LogP contribution >= 0.6 is 0 Å². The molecule has 0 heterocycles. The van der Waals surface area contributed by atoms with E-state index in [9.17, 15) is 0 Å². The third-order valence-corrected chi connectivity index (χ3v) is 2.07. The first-order chi connectivity index (χ1) is 6.24. The molecule has 0 bridgehead atoms. The molecule has 13 heavy (non-hydrogen) atoms. The van der Waals surface area contributed by atoms with E-state index in [0.29, 0.717) is 16.7 Å². The highest BCUT2D eigenvalue weighted by molar-refractivity contribution is 6.34. The minimum Gasteiger partial charge on any atom is -0.115 e. The summed E-state index contributed by atoms with van der Waals surface area (Å²) < 4.78 is 0. The second-order valence-corrected chi connectivity index (χ2v) is 2.88. The zero-order valence-corrected chi connectivity index (χ0v) is 7.89. The predicted molar refractivity (Wildman–Crippen MR) is 55.6 cm³/mol. The second kappa shape index (κ2) is 3.68. The van der Waals surface area contributed by atoms with Gasteiger partial charge in [0.15, 0.2) is 0 Å². The first-order valence-corrected chi connectivity index (χ1v) is 4.03. The van der Waals surface area contributed by atoms with Crippen molar-refractivity contribution in [2.45, 2.75) is 0 Å². The van der Waals surface area contributed by atoms with E-state index < -0.39 is 0 Å². The van der Waals surface area contributed by atoms with Crippen LogP contribution in [0.2, 0.25) is 0 Å². The van der Waals surface area contributed by atoms with Crippen molar-refractivity contribution in [1.29, 1.82) is 0 Å². The summed E-state index contributed by atoms with van der Waals surface area (Å²) in [5.74, 6) is 7.48. The molecule has 0 N–H and O–H groups in total. The summed E-state index contributed by atoms with van der Waals surface area (Å²) in [6.07, 6.45) is 15.9. The van der Waals surface area contributed by atoms with Gasteiger partial charge in [-0.3, -0.25) is 0 Å². The Morgan fingerprint density at radius 3 is 2.00 bits per heavy atom. The Hall–Kier alpha value is -1.88. The minimum absolute atomic E-state index is 0.595. The molecule has 0 unspecified atom stereocenters. The van der Waals surface area contributed by atoms with Crippen LogP contribution in [0, 0.1) is 37.0 Å². The molecule has 57 valence electrons. The fraction of sp³-hybridized carbons (Fsp3) is 0. The Morgan fingerprint density at radius 2 is 1.54 bits per heavy atom. The Bertz CT molecular complexity index is 462. The summed E-state index contributed by atoms with van der Waals surface area (Å²) in [4.78, 5) is 0. The van der Waals surface area contributed by atoms with Crippen molar-refractivity contribution in [3.05, 3.63) is 28.8 Å². The van der Waals surface area contributed by atoms with Crippen LogP contribution in [0.4, 0.5) is 0 Å². The molecule has 0 aromatic heterocycles. The molecule has 0 atom stereocenters. The molecule has 0 saturated heterocycles. The number of rotatable bonds is 0. The van der Waals surface area contributed by atoms with E-state index in [1.54, 1.807) is 12.1 Å². The third kappa shape index (κ3) is 1.49. The molecule has 3 radical (unpaired) electrons. The van der Waals surface area contributed by atoms with E-state index in [4.69, 9.17) is 19.3 Å². The largest absolute Gasteiger partial charge is 0.115 e. The third-order valence-electron chi connectivity index (χ3n) is 1.65. The van der Waals surface area contributed by atoms with Crippen molar-refractivity contribution < 1.29 is 0 Å². The fourth-order valence-corrected chi connectivity index (χ4v) is 1.30. The van der Waals surface area contributed by atoms with Crippen LogP contribution in [0.25, 0.3) is 0 Å². The molecular formula is C12H5Si. The second-order valence-electron chi connectivity index (χ2n) is 2.34. The Balaban J connectivity index is 3.63. The van der Waals surface area contributed by atoms with Gasteiger partial charge in [0, 0.05) is 11.1 Å². The Morgan fingerprint density at radius 1 is 0.923 bits per heavy atom. The van der Waals surface area contributed by atoms with E-state index in [1.165, 1.54) is 0 Å². The van der Waals surface area contributed by atoms with Crippen molar-refractivity contribution in [1.82, 2.24) is 0 Å². The van der Waals surface area contributed by atoms with Gasteiger partial charge in [-0.2, -0.15) is 0 Å². The average Bonchev–Trinajstić information content (AvgIpc) is 2.17. The first-order valence-electron chi connectivity index (χ1n) is 3.53. The minimum atomic E-state index is 0.595. The summed E-state index contributed by atoms with van der Waals surface area (Å²) >= 11 is 0. The van der Waals surface area contributed by atoms with Crippen LogP contribution in [-0.4, -0.2) is 10.2 Å². The molecule has 0 fully saturated rings. The van der Waals surface area contributed by atoms with E-state index in [0.717, 1.165) is 5.19 Å². The average molecular weight is 177 g/mol. The van der Waals surface area contributed by atoms with E-state index in [2.05, 4.69) is 28.0 Å². The summed E-state index contributed by atoms with van der Waals surface area (Å²) in [6.45, 7) is 0. The highest BCUT2D eigenvalue weighted by Crippen LogP contribution is 2.09. The van der Waals surface area contributed by atoms with E-state index in [-0.39, 0.29) is 0 Å². The van der Waals surface area contributed by atoms with E-state index >= 15 is 0 Å². The lowest BCUT2D eigenvalue weighted by Crippen LogP contribution is -2.10. The smallest absolute Gasteiger partial charge is 0.0730 e. The molecule has 0 saturated carbocycles. The van der Waals surface area contributed by atoms with Crippen molar-refractivity contribution in [3.8, 4) is 37.0 Å². The van der Waals surface area contributed by atoms with Gasteiger partial charge in [0.1, 0.15) is 0 Å². The van der Waals surface area contributed by atoms with Crippen LogP contribution < -0.4 is 5.19 Å². The van der Waals surface area contributed by atoms with Gasteiger partial charge in [-0.25, -0.2) is 0 Å². The van der Waals surface area contributed by atoms with Gasteiger partial charge in [-0.15, -0.1) is 19.3 Å². The van der Waals surface area contributed by atoms with Crippen LogP contribution in [0.15, 0.2) is 12.1 Å². The molecule has 0 aliphatic carbocycles.